The predicted octanol–water partition coefficient (Wildman–Crippen LogP) is 1.61. The monoisotopic (exact) mass is 285 g/mol. The largest absolute Gasteiger partial charge is 0.368 e. The summed E-state index contributed by atoms with van der Waals surface area (Å²) in [6.07, 6.45) is 1.37. The SMILES string of the molecule is NC(=O)Cn1cnc2c(-c3ccccc3)csc2c1=O. The van der Waals surface area contributed by atoms with Crippen molar-refractivity contribution in [1.29, 1.82) is 0 Å². The molecule has 100 valence electrons. The third-order valence-corrected chi connectivity index (χ3v) is 3.91. The highest BCUT2D eigenvalue weighted by Gasteiger charge is 2.12. The van der Waals surface area contributed by atoms with Gasteiger partial charge >= 0.3 is 0 Å². The molecule has 3 rings (SSSR count). The van der Waals surface area contributed by atoms with Crippen LogP contribution in [0.3, 0.4) is 0 Å². The van der Waals surface area contributed by atoms with Gasteiger partial charge in [0.25, 0.3) is 5.56 Å². The maximum absolute atomic E-state index is 12.2. The number of hydrogen-bond acceptors (Lipinski definition) is 4. The van der Waals surface area contributed by atoms with Gasteiger partial charge in [0.15, 0.2) is 0 Å². The third kappa shape index (κ3) is 2.10. The number of nitrogens with zero attached hydrogens (tertiary/aromatic N) is 2. The summed E-state index contributed by atoms with van der Waals surface area (Å²) in [5.41, 5.74) is 7.47. The molecule has 2 heterocycles. The second-order valence-electron chi connectivity index (χ2n) is 4.34. The number of primary amides is 1. The Morgan fingerprint density at radius 3 is 2.75 bits per heavy atom. The molecular weight excluding hydrogens is 274 g/mol. The molecule has 1 aromatic carbocycles. The Morgan fingerprint density at radius 1 is 1.30 bits per heavy atom. The van der Waals surface area contributed by atoms with E-state index in [-0.39, 0.29) is 12.1 Å². The lowest BCUT2D eigenvalue weighted by atomic mass is 10.1. The van der Waals surface area contributed by atoms with Crippen molar-refractivity contribution in [2.75, 3.05) is 0 Å². The second-order valence-corrected chi connectivity index (χ2v) is 5.22. The van der Waals surface area contributed by atoms with Crippen molar-refractivity contribution >= 4 is 27.5 Å². The molecular formula is C14H11N3O2S. The van der Waals surface area contributed by atoms with Crippen molar-refractivity contribution in [2.24, 2.45) is 5.73 Å². The molecule has 0 aliphatic rings. The summed E-state index contributed by atoms with van der Waals surface area (Å²) in [7, 11) is 0. The van der Waals surface area contributed by atoms with Gasteiger partial charge in [-0.3, -0.25) is 14.2 Å². The summed E-state index contributed by atoms with van der Waals surface area (Å²) in [4.78, 5) is 27.5. The Balaban J connectivity index is 2.18. The van der Waals surface area contributed by atoms with E-state index in [0.717, 1.165) is 11.1 Å². The minimum atomic E-state index is -0.562. The van der Waals surface area contributed by atoms with Gasteiger partial charge in [-0.1, -0.05) is 30.3 Å². The van der Waals surface area contributed by atoms with E-state index in [2.05, 4.69) is 4.98 Å². The fraction of sp³-hybridized carbons (Fsp3) is 0.0714. The van der Waals surface area contributed by atoms with Crippen LogP contribution in [-0.4, -0.2) is 15.5 Å². The molecule has 2 aromatic heterocycles. The highest BCUT2D eigenvalue weighted by Crippen LogP contribution is 2.30. The average molecular weight is 285 g/mol. The van der Waals surface area contributed by atoms with E-state index >= 15 is 0 Å². The summed E-state index contributed by atoms with van der Waals surface area (Å²) < 4.78 is 1.77. The van der Waals surface area contributed by atoms with Crippen molar-refractivity contribution in [3.8, 4) is 11.1 Å². The molecule has 5 nitrogen and oxygen atoms in total. The summed E-state index contributed by atoms with van der Waals surface area (Å²) in [5, 5.41) is 1.91. The van der Waals surface area contributed by atoms with Gasteiger partial charge < -0.3 is 5.73 Å². The summed E-state index contributed by atoms with van der Waals surface area (Å²) in [6, 6.07) is 9.75. The van der Waals surface area contributed by atoms with E-state index in [1.165, 1.54) is 22.2 Å². The predicted molar refractivity (Wildman–Crippen MR) is 78.5 cm³/mol. The first kappa shape index (κ1) is 12.6. The summed E-state index contributed by atoms with van der Waals surface area (Å²) in [5.74, 6) is -0.562. The van der Waals surface area contributed by atoms with Gasteiger partial charge in [-0.25, -0.2) is 4.98 Å². The highest BCUT2D eigenvalue weighted by atomic mass is 32.1. The van der Waals surface area contributed by atoms with Crippen LogP contribution in [0.5, 0.6) is 0 Å². The Hall–Kier alpha value is -2.47. The topological polar surface area (TPSA) is 78.0 Å². The van der Waals surface area contributed by atoms with Crippen molar-refractivity contribution in [1.82, 2.24) is 9.55 Å². The van der Waals surface area contributed by atoms with Crippen LogP contribution >= 0.6 is 11.3 Å². The van der Waals surface area contributed by atoms with Gasteiger partial charge in [-0.2, -0.15) is 0 Å². The van der Waals surface area contributed by atoms with Crippen molar-refractivity contribution in [3.05, 3.63) is 52.4 Å². The first-order valence-corrected chi connectivity index (χ1v) is 6.85. The van der Waals surface area contributed by atoms with E-state index in [1.807, 2.05) is 35.7 Å². The lowest BCUT2D eigenvalue weighted by Gasteiger charge is -2.02. The van der Waals surface area contributed by atoms with Crippen molar-refractivity contribution < 1.29 is 4.79 Å². The van der Waals surface area contributed by atoms with Crippen LogP contribution < -0.4 is 11.3 Å². The molecule has 0 aliphatic heterocycles. The fourth-order valence-electron chi connectivity index (χ4n) is 2.04. The zero-order valence-electron chi connectivity index (χ0n) is 10.4. The van der Waals surface area contributed by atoms with E-state index in [9.17, 15) is 9.59 Å². The normalized spacial score (nSPS) is 10.8. The van der Waals surface area contributed by atoms with Crippen LogP contribution in [0.2, 0.25) is 0 Å². The van der Waals surface area contributed by atoms with E-state index in [4.69, 9.17) is 5.73 Å². The number of rotatable bonds is 3. The molecule has 0 saturated heterocycles. The minimum Gasteiger partial charge on any atom is -0.368 e. The summed E-state index contributed by atoms with van der Waals surface area (Å²) >= 11 is 1.33. The number of fused-ring (bicyclic) bond motifs is 1. The molecule has 6 heteroatoms. The Labute approximate surface area is 118 Å². The standard InChI is InChI=1S/C14H11N3O2S/c15-11(18)6-17-8-16-12-10(7-20-13(12)14(17)19)9-4-2-1-3-5-9/h1-5,7-8H,6H2,(H2,15,18). The molecule has 0 fully saturated rings. The zero-order valence-corrected chi connectivity index (χ0v) is 11.3. The lowest BCUT2D eigenvalue weighted by Crippen LogP contribution is -2.27. The molecule has 0 aliphatic carbocycles. The molecule has 20 heavy (non-hydrogen) atoms. The first-order valence-electron chi connectivity index (χ1n) is 5.97. The quantitative estimate of drug-likeness (QED) is 0.794. The van der Waals surface area contributed by atoms with Gasteiger partial charge in [-0.05, 0) is 5.56 Å². The first-order chi connectivity index (χ1) is 9.66. The molecule has 3 aromatic rings. The number of thiophene rings is 1. The smallest absolute Gasteiger partial charge is 0.271 e. The molecule has 0 spiro atoms. The molecule has 1 amide bonds. The average Bonchev–Trinajstić information content (AvgIpc) is 2.87. The maximum atomic E-state index is 12.2. The van der Waals surface area contributed by atoms with Crippen LogP contribution in [-0.2, 0) is 11.3 Å². The van der Waals surface area contributed by atoms with Crippen molar-refractivity contribution in [3.63, 3.8) is 0 Å². The Morgan fingerprint density at radius 2 is 2.05 bits per heavy atom. The number of aromatic nitrogens is 2. The van der Waals surface area contributed by atoms with Crippen LogP contribution in [0.25, 0.3) is 21.3 Å². The number of benzene rings is 1. The maximum Gasteiger partial charge on any atom is 0.271 e. The number of nitrogens with two attached hydrogens (primary N) is 1. The fourth-order valence-corrected chi connectivity index (χ4v) is 3.02. The molecule has 0 unspecified atom stereocenters. The van der Waals surface area contributed by atoms with Gasteiger partial charge in [0, 0.05) is 10.9 Å². The van der Waals surface area contributed by atoms with Crippen LogP contribution in [0.1, 0.15) is 0 Å². The second kappa shape index (κ2) is 4.90. The van der Waals surface area contributed by atoms with Gasteiger partial charge in [0.1, 0.15) is 11.2 Å². The van der Waals surface area contributed by atoms with Crippen molar-refractivity contribution in [2.45, 2.75) is 6.54 Å². The third-order valence-electron chi connectivity index (χ3n) is 2.96. The van der Waals surface area contributed by atoms with Gasteiger partial charge in [0.05, 0.1) is 11.8 Å². The van der Waals surface area contributed by atoms with Gasteiger partial charge in [-0.15, -0.1) is 11.3 Å². The van der Waals surface area contributed by atoms with E-state index in [0.29, 0.717) is 10.2 Å². The Kier molecular flexibility index (Phi) is 3.08. The molecule has 0 atom stereocenters. The van der Waals surface area contributed by atoms with Crippen LogP contribution in [0, 0.1) is 0 Å². The molecule has 0 bridgehead atoms. The highest BCUT2D eigenvalue weighted by molar-refractivity contribution is 7.17. The van der Waals surface area contributed by atoms with Crippen LogP contribution in [0.4, 0.5) is 0 Å². The van der Waals surface area contributed by atoms with Gasteiger partial charge in [0.2, 0.25) is 5.91 Å². The Bertz CT molecular complexity index is 836. The minimum absolute atomic E-state index is 0.152. The van der Waals surface area contributed by atoms with E-state index < -0.39 is 5.91 Å². The lowest BCUT2D eigenvalue weighted by molar-refractivity contribution is -0.118. The van der Waals surface area contributed by atoms with E-state index in [1.54, 1.807) is 0 Å². The number of carbonyl (C=O) groups excluding carboxylic acids is 1. The number of amides is 1. The summed E-state index contributed by atoms with van der Waals surface area (Å²) in [6.45, 7) is -0.152. The molecule has 0 radical (unpaired) electrons. The molecule has 2 N–H and O–H groups in total. The number of carbonyl (C=O) groups is 1. The zero-order chi connectivity index (χ0) is 14.1. The van der Waals surface area contributed by atoms with Crippen LogP contribution in [0.15, 0.2) is 46.8 Å². The number of hydrogen-bond donors (Lipinski definition) is 1. The molecule has 0 saturated carbocycles.